The van der Waals surface area contributed by atoms with Crippen LogP contribution in [0.15, 0.2) is 41.6 Å². The second kappa shape index (κ2) is 5.96. The summed E-state index contributed by atoms with van der Waals surface area (Å²) in [5.41, 5.74) is 0.925. The lowest BCUT2D eigenvalue weighted by Crippen LogP contribution is -2.14. The van der Waals surface area contributed by atoms with Gasteiger partial charge in [-0.25, -0.2) is 8.42 Å². The molecule has 1 aromatic heterocycles. The van der Waals surface area contributed by atoms with Gasteiger partial charge in [0.05, 0.1) is 23.9 Å². The van der Waals surface area contributed by atoms with E-state index in [1.54, 1.807) is 25.1 Å². The monoisotopic (exact) mass is 309 g/mol. The molecular formula is C13H15N3O4S. The number of hydrogen-bond acceptors (Lipinski definition) is 5. The molecule has 0 saturated heterocycles. The number of methoxy groups -OCH3 is 1. The Labute approximate surface area is 122 Å². The molecule has 0 amide bonds. The van der Waals surface area contributed by atoms with E-state index in [1.165, 1.54) is 30.3 Å². The van der Waals surface area contributed by atoms with Crippen LogP contribution in [0.2, 0.25) is 0 Å². The summed E-state index contributed by atoms with van der Waals surface area (Å²) >= 11 is 0. The Balaban J connectivity index is 2.18. The molecule has 2 aromatic rings. The number of aryl methyl sites for hydroxylation is 1. The zero-order chi connectivity index (χ0) is 15.5. The van der Waals surface area contributed by atoms with Gasteiger partial charge in [-0.15, -0.1) is 0 Å². The minimum Gasteiger partial charge on any atom is -0.468 e. The third kappa shape index (κ3) is 3.60. The van der Waals surface area contributed by atoms with Crippen LogP contribution in [0.1, 0.15) is 5.56 Å². The Morgan fingerprint density at radius 3 is 2.76 bits per heavy atom. The van der Waals surface area contributed by atoms with Crippen molar-refractivity contribution in [2.75, 3.05) is 11.8 Å². The molecule has 8 heteroatoms. The summed E-state index contributed by atoms with van der Waals surface area (Å²) in [5.74, 6) is -0.466. The van der Waals surface area contributed by atoms with Crippen LogP contribution in [0.5, 0.6) is 0 Å². The fourth-order valence-electron chi connectivity index (χ4n) is 1.77. The van der Waals surface area contributed by atoms with Gasteiger partial charge >= 0.3 is 5.97 Å². The van der Waals surface area contributed by atoms with Crippen molar-refractivity contribution in [1.82, 2.24) is 9.78 Å². The largest absolute Gasteiger partial charge is 0.468 e. The smallest absolute Gasteiger partial charge is 0.327 e. The van der Waals surface area contributed by atoms with E-state index in [0.717, 1.165) is 0 Å². The predicted octanol–water partition coefficient (Wildman–Crippen LogP) is 1.17. The number of nitrogens with zero attached hydrogens (tertiary/aromatic N) is 2. The van der Waals surface area contributed by atoms with Crippen molar-refractivity contribution in [3.63, 3.8) is 0 Å². The Morgan fingerprint density at radius 2 is 2.10 bits per heavy atom. The Morgan fingerprint density at radius 1 is 1.38 bits per heavy atom. The lowest BCUT2D eigenvalue weighted by atomic mass is 10.2. The number of ether oxygens (including phenoxy) is 1. The molecule has 0 atom stereocenters. The van der Waals surface area contributed by atoms with Crippen LogP contribution in [-0.4, -0.2) is 31.3 Å². The average Bonchev–Trinajstić information content (AvgIpc) is 2.85. The van der Waals surface area contributed by atoms with Crippen LogP contribution in [-0.2, 0) is 26.1 Å². The standard InChI is InChI=1S/C13H15N3O4S/c1-10-5-3-4-6-12(10)21(18,19)15-11-7-14-16(8-11)9-13(17)20-2/h3-8,15H,9H2,1-2H3. The number of hydrogen-bond donors (Lipinski definition) is 1. The number of esters is 1. The van der Waals surface area contributed by atoms with Gasteiger partial charge in [-0.3, -0.25) is 14.2 Å². The van der Waals surface area contributed by atoms with Crippen LogP contribution in [0, 0.1) is 6.92 Å². The zero-order valence-corrected chi connectivity index (χ0v) is 12.4. The molecule has 1 aromatic carbocycles. The van der Waals surface area contributed by atoms with Crippen LogP contribution < -0.4 is 4.72 Å². The van der Waals surface area contributed by atoms with Gasteiger partial charge in [-0.2, -0.15) is 5.10 Å². The minimum atomic E-state index is -3.68. The van der Waals surface area contributed by atoms with E-state index < -0.39 is 16.0 Å². The molecule has 0 bridgehead atoms. The molecule has 1 heterocycles. The zero-order valence-electron chi connectivity index (χ0n) is 11.6. The third-order valence-electron chi connectivity index (χ3n) is 2.79. The minimum absolute atomic E-state index is 0.0808. The molecule has 7 nitrogen and oxygen atoms in total. The molecule has 0 spiro atoms. The summed E-state index contributed by atoms with van der Waals surface area (Å²) in [4.78, 5) is 11.3. The van der Waals surface area contributed by atoms with E-state index in [0.29, 0.717) is 5.56 Å². The summed E-state index contributed by atoms with van der Waals surface area (Å²) < 4.78 is 32.8. The number of aromatic nitrogens is 2. The normalized spacial score (nSPS) is 11.1. The SMILES string of the molecule is COC(=O)Cn1cc(NS(=O)(=O)c2ccccc2C)cn1. The van der Waals surface area contributed by atoms with Gasteiger partial charge in [0, 0.05) is 6.20 Å². The Kier molecular flexibility index (Phi) is 4.27. The van der Waals surface area contributed by atoms with Crippen molar-refractivity contribution < 1.29 is 17.9 Å². The highest BCUT2D eigenvalue weighted by molar-refractivity contribution is 7.92. The molecule has 0 aliphatic carbocycles. The van der Waals surface area contributed by atoms with Crippen molar-refractivity contribution in [1.29, 1.82) is 0 Å². The first kappa shape index (κ1) is 15.0. The molecule has 0 aliphatic heterocycles. The van der Waals surface area contributed by atoms with Crippen LogP contribution in [0.4, 0.5) is 5.69 Å². The van der Waals surface area contributed by atoms with Crippen molar-refractivity contribution in [2.45, 2.75) is 18.4 Å². The lowest BCUT2D eigenvalue weighted by molar-refractivity contribution is -0.141. The van der Waals surface area contributed by atoms with E-state index in [2.05, 4.69) is 14.6 Å². The first-order chi connectivity index (χ1) is 9.92. The fourth-order valence-corrected chi connectivity index (χ4v) is 3.04. The summed E-state index contributed by atoms with van der Waals surface area (Å²) in [5, 5.41) is 3.89. The number of nitrogens with one attached hydrogen (secondary N) is 1. The number of carbonyl (C=O) groups excluding carboxylic acids is 1. The maximum atomic E-state index is 12.3. The summed E-state index contributed by atoms with van der Waals surface area (Å²) in [6.07, 6.45) is 2.76. The molecule has 0 aliphatic rings. The van der Waals surface area contributed by atoms with Gasteiger partial charge < -0.3 is 4.74 Å². The quantitative estimate of drug-likeness (QED) is 0.837. The summed E-state index contributed by atoms with van der Waals surface area (Å²) in [6.45, 7) is 1.64. The number of benzene rings is 1. The van der Waals surface area contributed by atoms with E-state index in [1.807, 2.05) is 0 Å². The second-order valence-corrected chi connectivity index (χ2v) is 6.02. The summed E-state index contributed by atoms with van der Waals surface area (Å²) in [7, 11) is -2.41. The van der Waals surface area contributed by atoms with Crippen molar-refractivity contribution in [2.24, 2.45) is 0 Å². The first-order valence-corrected chi connectivity index (χ1v) is 7.58. The lowest BCUT2D eigenvalue weighted by Gasteiger charge is -2.08. The van der Waals surface area contributed by atoms with Gasteiger partial charge in [0.2, 0.25) is 0 Å². The van der Waals surface area contributed by atoms with Crippen LogP contribution in [0.25, 0.3) is 0 Å². The third-order valence-corrected chi connectivity index (χ3v) is 4.33. The highest BCUT2D eigenvalue weighted by Crippen LogP contribution is 2.18. The van der Waals surface area contributed by atoms with E-state index in [4.69, 9.17) is 0 Å². The average molecular weight is 309 g/mol. The fraction of sp³-hybridized carbons (Fsp3) is 0.231. The van der Waals surface area contributed by atoms with E-state index in [-0.39, 0.29) is 17.1 Å². The first-order valence-electron chi connectivity index (χ1n) is 6.10. The number of carbonyl (C=O) groups is 1. The van der Waals surface area contributed by atoms with Gasteiger partial charge in [0.25, 0.3) is 10.0 Å². The van der Waals surface area contributed by atoms with Crippen molar-refractivity contribution in [3.05, 3.63) is 42.2 Å². The number of sulfonamides is 1. The van der Waals surface area contributed by atoms with Crippen molar-refractivity contribution in [3.8, 4) is 0 Å². The highest BCUT2D eigenvalue weighted by atomic mass is 32.2. The molecule has 0 fully saturated rings. The predicted molar refractivity (Wildman–Crippen MR) is 76.2 cm³/mol. The molecule has 0 unspecified atom stereocenters. The number of rotatable bonds is 5. The summed E-state index contributed by atoms with van der Waals surface area (Å²) in [6, 6.07) is 6.66. The Hall–Kier alpha value is -2.35. The van der Waals surface area contributed by atoms with Gasteiger partial charge in [-0.05, 0) is 18.6 Å². The van der Waals surface area contributed by atoms with E-state index >= 15 is 0 Å². The van der Waals surface area contributed by atoms with Gasteiger partial charge in [-0.1, -0.05) is 18.2 Å². The molecule has 0 radical (unpaired) electrons. The van der Waals surface area contributed by atoms with E-state index in [9.17, 15) is 13.2 Å². The molecule has 112 valence electrons. The Bertz CT molecular complexity index is 752. The molecule has 0 saturated carbocycles. The topological polar surface area (TPSA) is 90.3 Å². The van der Waals surface area contributed by atoms with Gasteiger partial charge in [0.15, 0.2) is 0 Å². The second-order valence-electron chi connectivity index (χ2n) is 4.37. The van der Waals surface area contributed by atoms with Crippen LogP contribution >= 0.6 is 0 Å². The maximum Gasteiger partial charge on any atom is 0.327 e. The molecular weight excluding hydrogens is 294 g/mol. The highest BCUT2D eigenvalue weighted by Gasteiger charge is 2.17. The number of anilines is 1. The molecule has 2 rings (SSSR count). The molecule has 1 N–H and O–H groups in total. The van der Waals surface area contributed by atoms with Gasteiger partial charge in [0.1, 0.15) is 6.54 Å². The van der Waals surface area contributed by atoms with Crippen molar-refractivity contribution >= 4 is 21.7 Å². The van der Waals surface area contributed by atoms with Crippen LogP contribution in [0.3, 0.4) is 0 Å². The maximum absolute atomic E-state index is 12.3. The molecule has 21 heavy (non-hydrogen) atoms.